The molecule has 0 aliphatic carbocycles. The van der Waals surface area contributed by atoms with Crippen LogP contribution in [0.25, 0.3) is 0 Å². The van der Waals surface area contributed by atoms with E-state index < -0.39 is 5.54 Å². The van der Waals surface area contributed by atoms with E-state index in [9.17, 15) is 0 Å². The van der Waals surface area contributed by atoms with E-state index in [-0.39, 0.29) is 0 Å². The zero-order chi connectivity index (χ0) is 14.5. The first-order valence-electron chi connectivity index (χ1n) is 6.81. The van der Waals surface area contributed by atoms with E-state index in [0.717, 1.165) is 17.1 Å². The Morgan fingerprint density at radius 1 is 0.714 bits per heavy atom. The summed E-state index contributed by atoms with van der Waals surface area (Å²) in [5, 5.41) is 0. The van der Waals surface area contributed by atoms with Gasteiger partial charge in [-0.2, -0.15) is 0 Å². The third-order valence-electron chi connectivity index (χ3n) is 3.43. The van der Waals surface area contributed by atoms with Gasteiger partial charge in [0.2, 0.25) is 0 Å². The van der Waals surface area contributed by atoms with Gasteiger partial charge in [-0.1, -0.05) is 18.2 Å². The molecular weight excluding hydrogens is 260 g/mol. The molecule has 0 unspecified atom stereocenters. The van der Waals surface area contributed by atoms with Gasteiger partial charge in [-0.15, -0.1) is 0 Å². The summed E-state index contributed by atoms with van der Waals surface area (Å²) in [6, 6.07) is 17.3. The number of rotatable bonds is 4. The second kappa shape index (κ2) is 5.81. The Kier molecular flexibility index (Phi) is 3.71. The van der Waals surface area contributed by atoms with E-state index in [4.69, 9.17) is 5.73 Å². The summed E-state index contributed by atoms with van der Waals surface area (Å²) in [4.78, 5) is 13.2. The van der Waals surface area contributed by atoms with Crippen molar-refractivity contribution in [2.24, 2.45) is 5.73 Å². The minimum atomic E-state index is -0.795. The summed E-state index contributed by atoms with van der Waals surface area (Å²) in [6.07, 6.45) is 5.81. The molecule has 4 heteroatoms. The molecule has 0 radical (unpaired) electrons. The number of hydrogen-bond donors (Lipinski definition) is 1. The molecule has 2 N–H and O–H groups in total. The molecule has 0 fully saturated rings. The third-order valence-corrected chi connectivity index (χ3v) is 3.43. The fourth-order valence-electron chi connectivity index (χ4n) is 2.35. The van der Waals surface area contributed by atoms with Gasteiger partial charge >= 0.3 is 0 Å². The number of hydrogen-bond acceptors (Lipinski definition) is 4. The summed E-state index contributed by atoms with van der Waals surface area (Å²) in [6.45, 7) is 0. The van der Waals surface area contributed by atoms with Gasteiger partial charge in [0.15, 0.2) is 0 Å². The van der Waals surface area contributed by atoms with Crippen molar-refractivity contribution >= 4 is 0 Å². The van der Waals surface area contributed by atoms with Crippen LogP contribution >= 0.6 is 0 Å². The lowest BCUT2D eigenvalue weighted by atomic mass is 9.86. The van der Waals surface area contributed by atoms with Crippen LogP contribution in [-0.4, -0.2) is 15.0 Å². The maximum absolute atomic E-state index is 6.71. The van der Waals surface area contributed by atoms with Crippen LogP contribution in [0.4, 0.5) is 0 Å². The summed E-state index contributed by atoms with van der Waals surface area (Å²) in [7, 11) is 0. The number of aromatic nitrogens is 3. The van der Waals surface area contributed by atoms with Crippen LogP contribution in [0.3, 0.4) is 0 Å². The highest BCUT2D eigenvalue weighted by molar-refractivity contribution is 5.31. The van der Waals surface area contributed by atoms with E-state index >= 15 is 0 Å². The smallest absolute Gasteiger partial charge is 0.107 e. The normalized spacial score (nSPS) is 11.3. The third kappa shape index (κ3) is 2.80. The molecule has 21 heavy (non-hydrogen) atoms. The van der Waals surface area contributed by atoms with E-state index in [1.807, 2.05) is 54.6 Å². The second-order valence-corrected chi connectivity index (χ2v) is 4.90. The maximum atomic E-state index is 6.71. The highest BCUT2D eigenvalue weighted by atomic mass is 14.9. The molecule has 0 saturated carbocycles. The van der Waals surface area contributed by atoms with Gasteiger partial charge in [-0.05, 0) is 36.4 Å². The van der Waals surface area contributed by atoms with Crippen LogP contribution in [0, 0.1) is 0 Å². The van der Waals surface area contributed by atoms with Crippen molar-refractivity contribution in [1.82, 2.24) is 15.0 Å². The molecule has 0 bridgehead atoms. The van der Waals surface area contributed by atoms with Crippen LogP contribution in [-0.2, 0) is 12.0 Å². The lowest BCUT2D eigenvalue weighted by molar-refractivity contribution is 0.496. The van der Waals surface area contributed by atoms with Gasteiger partial charge in [-0.25, -0.2) is 0 Å². The molecule has 0 atom stereocenters. The molecule has 3 aromatic rings. The molecular formula is C17H16N4. The Morgan fingerprint density at radius 3 is 1.67 bits per heavy atom. The Labute approximate surface area is 123 Å². The van der Waals surface area contributed by atoms with Crippen LogP contribution in [0.5, 0.6) is 0 Å². The average Bonchev–Trinajstić information content (AvgIpc) is 2.57. The summed E-state index contributed by atoms with van der Waals surface area (Å²) >= 11 is 0. The van der Waals surface area contributed by atoms with Gasteiger partial charge in [0.1, 0.15) is 5.54 Å². The predicted octanol–water partition coefficient (Wildman–Crippen LogP) is 2.32. The monoisotopic (exact) mass is 276 g/mol. The molecule has 3 rings (SSSR count). The van der Waals surface area contributed by atoms with E-state index in [0.29, 0.717) is 6.42 Å². The lowest BCUT2D eigenvalue weighted by Gasteiger charge is -2.28. The number of nitrogens with zero attached hydrogens (tertiary/aromatic N) is 3. The van der Waals surface area contributed by atoms with Crippen molar-refractivity contribution in [3.05, 3.63) is 90.3 Å². The molecule has 0 spiro atoms. The number of pyridine rings is 3. The van der Waals surface area contributed by atoms with Crippen LogP contribution < -0.4 is 5.73 Å². The van der Waals surface area contributed by atoms with Crippen LogP contribution in [0.2, 0.25) is 0 Å². The van der Waals surface area contributed by atoms with E-state index in [2.05, 4.69) is 15.0 Å². The van der Waals surface area contributed by atoms with Crippen molar-refractivity contribution in [1.29, 1.82) is 0 Å². The molecule has 0 aliphatic rings. The zero-order valence-corrected chi connectivity index (χ0v) is 11.6. The topological polar surface area (TPSA) is 64.7 Å². The summed E-state index contributed by atoms with van der Waals surface area (Å²) in [5.74, 6) is 0. The molecule has 104 valence electrons. The molecule has 4 nitrogen and oxygen atoms in total. The van der Waals surface area contributed by atoms with Gasteiger partial charge in [0.05, 0.1) is 11.4 Å². The van der Waals surface area contributed by atoms with Crippen molar-refractivity contribution in [2.45, 2.75) is 12.0 Å². The molecule has 3 heterocycles. The highest BCUT2D eigenvalue weighted by Gasteiger charge is 2.33. The SMILES string of the molecule is NC(Cc1ccccn1)(c1ccccn1)c1ccccn1. The van der Waals surface area contributed by atoms with Gasteiger partial charge in [0.25, 0.3) is 0 Å². The Balaban J connectivity index is 2.07. The fraction of sp³-hybridized carbons (Fsp3) is 0.118. The Morgan fingerprint density at radius 2 is 1.24 bits per heavy atom. The molecule has 3 aromatic heterocycles. The Bertz CT molecular complexity index is 644. The maximum Gasteiger partial charge on any atom is 0.107 e. The standard InChI is InChI=1S/C17H16N4/c18-17(15-8-2-5-11-20-15,16-9-3-6-12-21-16)13-14-7-1-4-10-19-14/h1-12H,13,18H2. The van der Waals surface area contributed by atoms with E-state index in [1.165, 1.54) is 0 Å². The first kappa shape index (κ1) is 13.4. The fourth-order valence-corrected chi connectivity index (χ4v) is 2.35. The number of nitrogens with two attached hydrogens (primary N) is 1. The summed E-state index contributed by atoms with van der Waals surface area (Å²) < 4.78 is 0. The molecule has 0 aromatic carbocycles. The van der Waals surface area contributed by atoms with Crippen molar-refractivity contribution in [2.75, 3.05) is 0 Å². The second-order valence-electron chi connectivity index (χ2n) is 4.90. The average molecular weight is 276 g/mol. The van der Waals surface area contributed by atoms with Crippen molar-refractivity contribution in [3.8, 4) is 0 Å². The largest absolute Gasteiger partial charge is 0.315 e. The van der Waals surface area contributed by atoms with Crippen LogP contribution in [0.15, 0.2) is 73.2 Å². The van der Waals surface area contributed by atoms with E-state index in [1.54, 1.807) is 18.6 Å². The first-order valence-corrected chi connectivity index (χ1v) is 6.81. The lowest BCUT2D eigenvalue weighted by Crippen LogP contribution is -2.42. The highest BCUT2D eigenvalue weighted by Crippen LogP contribution is 2.27. The minimum Gasteiger partial charge on any atom is -0.315 e. The van der Waals surface area contributed by atoms with Crippen molar-refractivity contribution < 1.29 is 0 Å². The van der Waals surface area contributed by atoms with Crippen LogP contribution in [0.1, 0.15) is 17.1 Å². The zero-order valence-electron chi connectivity index (χ0n) is 11.6. The van der Waals surface area contributed by atoms with Gasteiger partial charge < -0.3 is 5.73 Å². The van der Waals surface area contributed by atoms with Crippen molar-refractivity contribution in [3.63, 3.8) is 0 Å². The van der Waals surface area contributed by atoms with Gasteiger partial charge in [0, 0.05) is 30.7 Å². The first-order chi connectivity index (χ1) is 10.3. The Hall–Kier alpha value is -2.59. The summed E-state index contributed by atoms with van der Waals surface area (Å²) in [5.41, 5.74) is 8.40. The predicted molar refractivity (Wildman–Crippen MR) is 81.4 cm³/mol. The quantitative estimate of drug-likeness (QED) is 0.794. The molecule has 0 saturated heterocycles. The molecule has 0 aliphatic heterocycles. The molecule has 0 amide bonds. The van der Waals surface area contributed by atoms with Gasteiger partial charge in [-0.3, -0.25) is 15.0 Å². The minimum absolute atomic E-state index is 0.544.